The third-order valence-corrected chi connectivity index (χ3v) is 4.32. The molecule has 3 aromatic heterocycles. The summed E-state index contributed by atoms with van der Waals surface area (Å²) in [5.41, 5.74) is 2.68. The molecule has 8 nitrogen and oxygen atoms in total. The molecule has 1 atom stereocenters. The maximum Gasteiger partial charge on any atom is 0.292 e. The standard InChI is InChI=1S/C18H19N5O3/c1-13-8-17(26-21-13)18(24)22-9-15-4-7-20-23(15)11-16(10-22)25-12-14-2-5-19-6-3-14/h2-8,16H,9-12H2,1H3. The van der Waals surface area contributed by atoms with Crippen LogP contribution in [0.25, 0.3) is 0 Å². The van der Waals surface area contributed by atoms with Crippen molar-refractivity contribution in [3.05, 3.63) is 65.6 Å². The fourth-order valence-corrected chi connectivity index (χ4v) is 2.99. The molecule has 0 aromatic carbocycles. The maximum atomic E-state index is 12.8. The van der Waals surface area contributed by atoms with E-state index < -0.39 is 0 Å². The van der Waals surface area contributed by atoms with Crippen molar-refractivity contribution in [2.45, 2.75) is 32.7 Å². The topological polar surface area (TPSA) is 86.3 Å². The van der Waals surface area contributed by atoms with Gasteiger partial charge in [-0.3, -0.25) is 14.5 Å². The molecule has 1 aliphatic rings. The van der Waals surface area contributed by atoms with Crippen molar-refractivity contribution in [2.75, 3.05) is 6.54 Å². The smallest absolute Gasteiger partial charge is 0.292 e. The summed E-state index contributed by atoms with van der Waals surface area (Å²) in [6, 6.07) is 7.39. The number of hydrogen-bond donors (Lipinski definition) is 0. The first-order chi connectivity index (χ1) is 12.7. The fraction of sp³-hybridized carbons (Fsp3) is 0.333. The van der Waals surface area contributed by atoms with Gasteiger partial charge in [-0.05, 0) is 30.7 Å². The average molecular weight is 353 g/mol. The Morgan fingerprint density at radius 1 is 1.27 bits per heavy atom. The number of aromatic nitrogens is 4. The fourth-order valence-electron chi connectivity index (χ4n) is 2.99. The van der Waals surface area contributed by atoms with Crippen molar-refractivity contribution in [1.29, 1.82) is 0 Å². The third kappa shape index (κ3) is 3.50. The van der Waals surface area contributed by atoms with E-state index in [-0.39, 0.29) is 17.8 Å². The van der Waals surface area contributed by atoms with E-state index in [1.54, 1.807) is 36.5 Å². The van der Waals surface area contributed by atoms with Crippen LogP contribution in [0.1, 0.15) is 27.5 Å². The van der Waals surface area contributed by atoms with E-state index >= 15 is 0 Å². The number of carbonyl (C=O) groups is 1. The second-order valence-electron chi connectivity index (χ2n) is 6.31. The zero-order valence-electron chi connectivity index (χ0n) is 14.4. The second-order valence-corrected chi connectivity index (χ2v) is 6.31. The SMILES string of the molecule is Cc1cc(C(=O)N2Cc3ccnn3CC(OCc3ccncc3)C2)on1. The Morgan fingerprint density at radius 2 is 2.12 bits per heavy atom. The minimum absolute atomic E-state index is 0.183. The van der Waals surface area contributed by atoms with Crippen LogP contribution in [0.3, 0.4) is 0 Å². The quantitative estimate of drug-likeness (QED) is 0.711. The molecular formula is C18H19N5O3. The molecule has 4 rings (SSSR count). The minimum atomic E-state index is -0.197. The number of ether oxygens (including phenoxy) is 1. The molecule has 0 spiro atoms. The van der Waals surface area contributed by atoms with Gasteiger partial charge in [-0.2, -0.15) is 5.10 Å². The Kier molecular flexibility index (Phi) is 4.49. The van der Waals surface area contributed by atoms with E-state index in [1.165, 1.54) is 0 Å². The van der Waals surface area contributed by atoms with Crippen LogP contribution >= 0.6 is 0 Å². The molecule has 0 fully saturated rings. The number of fused-ring (bicyclic) bond motifs is 1. The highest BCUT2D eigenvalue weighted by atomic mass is 16.5. The molecule has 0 bridgehead atoms. The minimum Gasteiger partial charge on any atom is -0.370 e. The van der Waals surface area contributed by atoms with Crippen molar-refractivity contribution in [3.63, 3.8) is 0 Å². The van der Waals surface area contributed by atoms with Crippen LogP contribution in [0.2, 0.25) is 0 Å². The van der Waals surface area contributed by atoms with E-state index in [2.05, 4.69) is 15.2 Å². The zero-order valence-corrected chi connectivity index (χ0v) is 14.4. The number of amides is 1. The van der Waals surface area contributed by atoms with Gasteiger partial charge in [0, 0.05) is 31.2 Å². The molecule has 4 heterocycles. The van der Waals surface area contributed by atoms with E-state index in [0.29, 0.717) is 31.9 Å². The summed E-state index contributed by atoms with van der Waals surface area (Å²) in [5.74, 6) is 0.0427. The lowest BCUT2D eigenvalue weighted by Crippen LogP contribution is -2.37. The molecule has 26 heavy (non-hydrogen) atoms. The molecule has 0 N–H and O–H groups in total. The summed E-state index contributed by atoms with van der Waals surface area (Å²) in [4.78, 5) is 18.5. The number of aryl methyl sites for hydroxylation is 1. The molecule has 0 saturated heterocycles. The van der Waals surface area contributed by atoms with Gasteiger partial charge in [0.1, 0.15) is 0 Å². The van der Waals surface area contributed by atoms with Crippen molar-refractivity contribution in [2.24, 2.45) is 0 Å². The van der Waals surface area contributed by atoms with Gasteiger partial charge >= 0.3 is 0 Å². The van der Waals surface area contributed by atoms with Crippen molar-refractivity contribution in [1.82, 2.24) is 24.8 Å². The Hall–Kier alpha value is -3.00. The van der Waals surface area contributed by atoms with E-state index in [4.69, 9.17) is 9.26 Å². The lowest BCUT2D eigenvalue weighted by Gasteiger charge is -2.23. The summed E-state index contributed by atoms with van der Waals surface area (Å²) in [7, 11) is 0. The predicted octanol–water partition coefficient (Wildman–Crippen LogP) is 1.82. The second kappa shape index (κ2) is 7.09. The van der Waals surface area contributed by atoms with Gasteiger partial charge in [-0.1, -0.05) is 5.16 Å². The average Bonchev–Trinajstić information content (AvgIpc) is 3.24. The van der Waals surface area contributed by atoms with Gasteiger partial charge < -0.3 is 14.2 Å². The Balaban J connectivity index is 1.52. The first-order valence-corrected chi connectivity index (χ1v) is 8.43. The van der Waals surface area contributed by atoms with Gasteiger partial charge in [-0.15, -0.1) is 0 Å². The highest BCUT2D eigenvalue weighted by molar-refractivity contribution is 5.91. The van der Waals surface area contributed by atoms with Crippen LogP contribution in [0.15, 0.2) is 47.4 Å². The molecule has 3 aromatic rings. The third-order valence-electron chi connectivity index (χ3n) is 4.32. The first-order valence-electron chi connectivity index (χ1n) is 8.43. The highest BCUT2D eigenvalue weighted by Gasteiger charge is 2.28. The van der Waals surface area contributed by atoms with Gasteiger partial charge in [0.15, 0.2) is 0 Å². The Morgan fingerprint density at radius 3 is 2.88 bits per heavy atom. The summed E-state index contributed by atoms with van der Waals surface area (Å²) in [6.07, 6.45) is 5.03. The van der Waals surface area contributed by atoms with Crippen molar-refractivity contribution < 1.29 is 14.1 Å². The molecule has 0 saturated carbocycles. The van der Waals surface area contributed by atoms with Crippen LogP contribution in [-0.2, 0) is 24.4 Å². The van der Waals surface area contributed by atoms with Gasteiger partial charge in [0.25, 0.3) is 5.91 Å². The van der Waals surface area contributed by atoms with Crippen LogP contribution in [0.4, 0.5) is 0 Å². The van der Waals surface area contributed by atoms with E-state index in [9.17, 15) is 4.79 Å². The Bertz CT molecular complexity index is 889. The Labute approximate surface area is 150 Å². The first kappa shape index (κ1) is 16.5. The number of nitrogens with zero attached hydrogens (tertiary/aromatic N) is 5. The van der Waals surface area contributed by atoms with Gasteiger partial charge in [0.05, 0.1) is 37.2 Å². The number of carbonyl (C=O) groups excluding carboxylic acids is 1. The van der Waals surface area contributed by atoms with Crippen molar-refractivity contribution >= 4 is 5.91 Å². The summed E-state index contributed by atoms with van der Waals surface area (Å²) in [5, 5.41) is 8.15. The van der Waals surface area contributed by atoms with Gasteiger partial charge in [0.2, 0.25) is 5.76 Å². The number of pyridine rings is 1. The monoisotopic (exact) mass is 353 g/mol. The van der Waals surface area contributed by atoms with Crippen LogP contribution < -0.4 is 0 Å². The number of hydrogen-bond acceptors (Lipinski definition) is 6. The van der Waals surface area contributed by atoms with Crippen LogP contribution in [-0.4, -0.2) is 43.4 Å². The van der Waals surface area contributed by atoms with Gasteiger partial charge in [-0.25, -0.2) is 0 Å². The lowest BCUT2D eigenvalue weighted by atomic mass is 10.2. The molecule has 0 radical (unpaired) electrons. The molecule has 1 aliphatic heterocycles. The molecule has 134 valence electrons. The highest BCUT2D eigenvalue weighted by Crippen LogP contribution is 2.18. The van der Waals surface area contributed by atoms with Crippen LogP contribution in [0, 0.1) is 6.92 Å². The van der Waals surface area contributed by atoms with E-state index in [0.717, 1.165) is 11.3 Å². The lowest BCUT2D eigenvalue weighted by molar-refractivity contribution is 0.00821. The van der Waals surface area contributed by atoms with E-state index in [1.807, 2.05) is 22.9 Å². The maximum absolute atomic E-state index is 12.8. The summed E-state index contributed by atoms with van der Waals surface area (Å²) < 4.78 is 13.1. The molecule has 1 unspecified atom stereocenters. The molecule has 0 aliphatic carbocycles. The number of rotatable bonds is 4. The largest absolute Gasteiger partial charge is 0.370 e. The molecular weight excluding hydrogens is 334 g/mol. The predicted molar refractivity (Wildman–Crippen MR) is 91.0 cm³/mol. The van der Waals surface area contributed by atoms with Crippen molar-refractivity contribution in [3.8, 4) is 0 Å². The summed E-state index contributed by atoms with van der Waals surface area (Å²) >= 11 is 0. The zero-order chi connectivity index (χ0) is 17.9. The van der Waals surface area contributed by atoms with Crippen LogP contribution in [0.5, 0.6) is 0 Å². The normalized spacial score (nSPS) is 17.0. The molecule has 8 heteroatoms. The summed E-state index contributed by atoms with van der Waals surface area (Å²) in [6.45, 7) is 3.74. The molecule has 1 amide bonds.